The SMILES string of the molecule is NC1=Cc2[nH]c3ccccc3c(=S)c2C(=O)C1. The number of H-pyrrole nitrogens is 1. The molecule has 0 saturated carbocycles. The lowest BCUT2D eigenvalue weighted by molar-refractivity contribution is 0.0990. The number of nitrogens with two attached hydrogens (primary N) is 1. The van der Waals surface area contributed by atoms with Crippen LogP contribution in [0.4, 0.5) is 0 Å². The molecule has 0 unspecified atom stereocenters. The number of ketones is 1. The normalized spacial score (nSPS) is 14.6. The molecule has 3 N–H and O–H groups in total. The summed E-state index contributed by atoms with van der Waals surface area (Å²) in [5.74, 6) is -0.00740. The van der Waals surface area contributed by atoms with Gasteiger partial charge in [-0.3, -0.25) is 4.79 Å². The predicted octanol–water partition coefficient (Wildman–Crippen LogP) is 2.78. The molecule has 1 aromatic carbocycles. The molecule has 0 atom stereocenters. The summed E-state index contributed by atoms with van der Waals surface area (Å²) in [6.07, 6.45) is 2.04. The first-order valence-corrected chi connectivity index (χ1v) is 5.72. The molecule has 84 valence electrons. The number of aromatic nitrogens is 1. The van der Waals surface area contributed by atoms with Crippen LogP contribution in [0.1, 0.15) is 22.5 Å². The highest BCUT2D eigenvalue weighted by molar-refractivity contribution is 7.71. The Balaban J connectivity index is 2.49. The van der Waals surface area contributed by atoms with Crippen LogP contribution in [-0.4, -0.2) is 10.8 Å². The van der Waals surface area contributed by atoms with E-state index in [1.54, 1.807) is 6.08 Å². The number of rotatable bonds is 0. The standard InChI is InChI=1S/C13H10N2OS/c14-7-5-10-12(11(16)6-7)13(17)8-3-1-2-4-9(8)15-10/h1-5H,6,14H2,(H,15,17). The Kier molecular flexibility index (Phi) is 2.12. The zero-order valence-electron chi connectivity index (χ0n) is 8.99. The fourth-order valence-electron chi connectivity index (χ4n) is 2.15. The lowest BCUT2D eigenvalue weighted by Crippen LogP contribution is -2.15. The number of benzene rings is 1. The first-order chi connectivity index (χ1) is 8.16. The molecule has 0 amide bonds. The number of pyridine rings is 1. The lowest BCUT2D eigenvalue weighted by atomic mass is 9.97. The van der Waals surface area contributed by atoms with Crippen LogP contribution >= 0.6 is 12.2 Å². The molecular weight excluding hydrogens is 232 g/mol. The van der Waals surface area contributed by atoms with Gasteiger partial charge in [0.1, 0.15) is 0 Å². The molecule has 2 aromatic rings. The molecule has 17 heavy (non-hydrogen) atoms. The van der Waals surface area contributed by atoms with E-state index < -0.39 is 0 Å². The number of fused-ring (bicyclic) bond motifs is 2. The Morgan fingerprint density at radius 2 is 2.06 bits per heavy atom. The minimum atomic E-state index is -0.00740. The summed E-state index contributed by atoms with van der Waals surface area (Å²) in [6, 6.07) is 7.70. The van der Waals surface area contributed by atoms with Gasteiger partial charge >= 0.3 is 0 Å². The average Bonchev–Trinajstić information content (AvgIpc) is 2.28. The van der Waals surface area contributed by atoms with Crippen molar-refractivity contribution in [1.82, 2.24) is 4.98 Å². The molecule has 0 spiro atoms. The van der Waals surface area contributed by atoms with Crippen molar-refractivity contribution in [3.05, 3.63) is 45.7 Å². The molecule has 0 saturated heterocycles. The van der Waals surface area contributed by atoms with Crippen molar-refractivity contribution in [2.75, 3.05) is 0 Å². The molecule has 0 radical (unpaired) electrons. The number of hydrogen-bond donors (Lipinski definition) is 2. The number of carbonyl (C=O) groups excluding carboxylic acids is 1. The van der Waals surface area contributed by atoms with Crippen molar-refractivity contribution in [1.29, 1.82) is 0 Å². The van der Waals surface area contributed by atoms with E-state index in [9.17, 15) is 4.79 Å². The summed E-state index contributed by atoms with van der Waals surface area (Å²) in [5.41, 5.74) is 8.53. The van der Waals surface area contributed by atoms with E-state index in [0.717, 1.165) is 16.6 Å². The molecular formula is C13H10N2OS. The summed E-state index contributed by atoms with van der Waals surface area (Å²) >= 11 is 5.39. The molecule has 3 rings (SSSR count). The van der Waals surface area contributed by atoms with Gasteiger partial charge < -0.3 is 10.7 Å². The molecule has 1 aliphatic carbocycles. The third-order valence-electron chi connectivity index (χ3n) is 2.91. The van der Waals surface area contributed by atoms with Crippen molar-refractivity contribution in [3.63, 3.8) is 0 Å². The van der Waals surface area contributed by atoms with Crippen LogP contribution in [-0.2, 0) is 0 Å². The van der Waals surface area contributed by atoms with Crippen LogP contribution in [0.5, 0.6) is 0 Å². The van der Waals surface area contributed by atoms with E-state index in [1.807, 2.05) is 24.3 Å². The second-order valence-electron chi connectivity index (χ2n) is 4.11. The van der Waals surface area contributed by atoms with Gasteiger partial charge in [0.25, 0.3) is 0 Å². The molecule has 0 bridgehead atoms. The van der Waals surface area contributed by atoms with Gasteiger partial charge in [0, 0.05) is 16.6 Å². The fourth-order valence-corrected chi connectivity index (χ4v) is 2.55. The zero-order chi connectivity index (χ0) is 12.0. The molecule has 1 aliphatic rings. The number of nitrogens with one attached hydrogen (secondary N) is 1. The van der Waals surface area contributed by atoms with Crippen molar-refractivity contribution < 1.29 is 4.79 Å². The second-order valence-corrected chi connectivity index (χ2v) is 4.52. The zero-order valence-corrected chi connectivity index (χ0v) is 9.80. The summed E-state index contributed by atoms with van der Waals surface area (Å²) < 4.78 is 0.614. The Morgan fingerprint density at radius 1 is 1.29 bits per heavy atom. The van der Waals surface area contributed by atoms with Gasteiger partial charge in [0.15, 0.2) is 5.78 Å². The Morgan fingerprint density at radius 3 is 2.88 bits per heavy atom. The third kappa shape index (κ3) is 1.49. The van der Waals surface area contributed by atoms with E-state index in [1.165, 1.54) is 0 Å². The van der Waals surface area contributed by atoms with E-state index in [4.69, 9.17) is 18.0 Å². The number of aromatic amines is 1. The first-order valence-electron chi connectivity index (χ1n) is 5.31. The molecule has 0 fully saturated rings. The van der Waals surface area contributed by atoms with Gasteiger partial charge in [-0.15, -0.1) is 0 Å². The number of carbonyl (C=O) groups is 1. The number of para-hydroxylation sites is 1. The van der Waals surface area contributed by atoms with Gasteiger partial charge in [-0.2, -0.15) is 0 Å². The smallest absolute Gasteiger partial charge is 0.172 e. The molecule has 1 heterocycles. The minimum absolute atomic E-state index is 0.00740. The summed E-state index contributed by atoms with van der Waals surface area (Å²) in [4.78, 5) is 15.2. The van der Waals surface area contributed by atoms with Crippen LogP contribution in [0.3, 0.4) is 0 Å². The topological polar surface area (TPSA) is 58.9 Å². The van der Waals surface area contributed by atoms with Crippen LogP contribution < -0.4 is 5.73 Å². The Labute approximate surface area is 103 Å². The predicted molar refractivity (Wildman–Crippen MR) is 70.2 cm³/mol. The van der Waals surface area contributed by atoms with Crippen LogP contribution in [0.25, 0.3) is 17.0 Å². The highest BCUT2D eigenvalue weighted by atomic mass is 32.1. The molecule has 0 aliphatic heterocycles. The van der Waals surface area contributed by atoms with Crippen molar-refractivity contribution in [2.45, 2.75) is 6.42 Å². The third-order valence-corrected chi connectivity index (χ3v) is 3.33. The van der Waals surface area contributed by atoms with Gasteiger partial charge in [0.05, 0.1) is 22.2 Å². The minimum Gasteiger partial charge on any atom is -0.402 e. The summed E-state index contributed by atoms with van der Waals surface area (Å²) in [7, 11) is 0. The summed E-state index contributed by atoms with van der Waals surface area (Å²) in [5, 5.41) is 0.906. The van der Waals surface area contributed by atoms with Gasteiger partial charge in [-0.25, -0.2) is 0 Å². The quantitative estimate of drug-likeness (QED) is 0.698. The molecule has 4 heteroatoms. The highest BCUT2D eigenvalue weighted by Gasteiger charge is 2.20. The van der Waals surface area contributed by atoms with Gasteiger partial charge in [-0.05, 0) is 12.1 Å². The van der Waals surface area contributed by atoms with Gasteiger partial charge in [0.2, 0.25) is 0 Å². The van der Waals surface area contributed by atoms with E-state index in [0.29, 0.717) is 15.8 Å². The van der Waals surface area contributed by atoms with Crippen molar-refractivity contribution in [2.24, 2.45) is 5.73 Å². The fraction of sp³-hybridized carbons (Fsp3) is 0.0769. The Hall–Kier alpha value is -1.94. The molecule has 1 aromatic heterocycles. The average molecular weight is 242 g/mol. The number of hydrogen-bond acceptors (Lipinski definition) is 3. The monoisotopic (exact) mass is 242 g/mol. The maximum absolute atomic E-state index is 12.0. The van der Waals surface area contributed by atoms with E-state index >= 15 is 0 Å². The van der Waals surface area contributed by atoms with Crippen LogP contribution in [0.15, 0.2) is 30.0 Å². The Bertz CT molecular complexity index is 728. The number of Topliss-reactive ketones (excluding diaryl/α,β-unsaturated/α-hetero) is 1. The maximum atomic E-state index is 12.0. The van der Waals surface area contributed by atoms with E-state index in [-0.39, 0.29) is 12.2 Å². The number of allylic oxidation sites excluding steroid dienone is 1. The van der Waals surface area contributed by atoms with Gasteiger partial charge in [-0.1, -0.05) is 30.4 Å². The molecule has 3 nitrogen and oxygen atoms in total. The largest absolute Gasteiger partial charge is 0.402 e. The van der Waals surface area contributed by atoms with Crippen LogP contribution in [0.2, 0.25) is 0 Å². The highest BCUT2D eigenvalue weighted by Crippen LogP contribution is 2.26. The van der Waals surface area contributed by atoms with Crippen molar-refractivity contribution in [3.8, 4) is 0 Å². The second kappa shape index (κ2) is 3.53. The first kappa shape index (κ1) is 10.2. The summed E-state index contributed by atoms with van der Waals surface area (Å²) in [6.45, 7) is 0. The van der Waals surface area contributed by atoms with Crippen LogP contribution in [0, 0.1) is 4.51 Å². The maximum Gasteiger partial charge on any atom is 0.172 e. The van der Waals surface area contributed by atoms with Crippen molar-refractivity contribution >= 4 is 35.0 Å². The lowest BCUT2D eigenvalue weighted by Gasteiger charge is -2.14. The van der Waals surface area contributed by atoms with E-state index in [2.05, 4.69) is 4.98 Å².